The zero-order valence-corrected chi connectivity index (χ0v) is 10.7. The molecule has 0 saturated heterocycles. The Bertz CT molecular complexity index is 521. The molecule has 0 fully saturated rings. The Morgan fingerprint density at radius 3 is 2.67 bits per heavy atom. The maximum absolute atomic E-state index is 11.5. The molecule has 0 aromatic heterocycles. The van der Waals surface area contributed by atoms with Gasteiger partial charge in [0.25, 0.3) is 0 Å². The predicted molar refractivity (Wildman–Crippen MR) is 68.4 cm³/mol. The first-order chi connectivity index (χ1) is 8.45. The summed E-state index contributed by atoms with van der Waals surface area (Å²) in [6.45, 7) is 3.21. The van der Waals surface area contributed by atoms with Crippen molar-refractivity contribution in [1.82, 2.24) is 5.32 Å². The van der Waals surface area contributed by atoms with E-state index in [0.29, 0.717) is 11.3 Å². The highest BCUT2D eigenvalue weighted by molar-refractivity contribution is 6.31. The predicted octanol–water partition coefficient (Wildman–Crippen LogP) is 2.14. The zero-order valence-electron chi connectivity index (χ0n) is 9.95. The number of halogens is 1. The van der Waals surface area contributed by atoms with Crippen molar-refractivity contribution in [3.8, 4) is 6.07 Å². The number of benzene rings is 1. The number of alkyl halides is 1. The molecule has 0 saturated carbocycles. The van der Waals surface area contributed by atoms with E-state index in [1.165, 1.54) is 6.92 Å². The molecule has 0 radical (unpaired) electrons. The van der Waals surface area contributed by atoms with Crippen molar-refractivity contribution in [2.45, 2.75) is 19.2 Å². The number of rotatable bonds is 2. The summed E-state index contributed by atoms with van der Waals surface area (Å²) in [6.07, 6.45) is 0. The van der Waals surface area contributed by atoms with Crippen molar-refractivity contribution in [3.63, 3.8) is 0 Å². The van der Waals surface area contributed by atoms with Crippen LogP contribution in [0.2, 0.25) is 0 Å². The molecule has 6 heteroatoms. The molecule has 1 unspecified atom stereocenters. The van der Waals surface area contributed by atoms with Crippen molar-refractivity contribution in [2.24, 2.45) is 0 Å². The van der Waals surface area contributed by atoms with Crippen LogP contribution in [0.5, 0.6) is 0 Å². The molecular weight excluding hydrogens is 254 g/mol. The molecule has 1 aromatic carbocycles. The fourth-order valence-electron chi connectivity index (χ4n) is 1.29. The summed E-state index contributed by atoms with van der Waals surface area (Å²) in [5.41, 5.74) is 1.45. The average Bonchev–Trinajstić information content (AvgIpc) is 2.28. The Morgan fingerprint density at radius 1 is 1.44 bits per heavy atom. The lowest BCUT2D eigenvalue weighted by atomic mass is 10.1. The van der Waals surface area contributed by atoms with Crippen LogP contribution in [-0.2, 0) is 4.79 Å². The first-order valence-corrected chi connectivity index (χ1v) is 5.65. The Labute approximate surface area is 110 Å². The van der Waals surface area contributed by atoms with Crippen molar-refractivity contribution in [2.75, 3.05) is 5.32 Å². The molecule has 5 nitrogen and oxygen atoms in total. The minimum Gasteiger partial charge on any atom is -0.306 e. The van der Waals surface area contributed by atoms with Gasteiger partial charge in [-0.2, -0.15) is 5.26 Å². The molecule has 0 bridgehead atoms. The third kappa shape index (κ3) is 3.47. The molecule has 2 N–H and O–H groups in total. The van der Waals surface area contributed by atoms with Gasteiger partial charge in [-0.25, -0.2) is 4.79 Å². The van der Waals surface area contributed by atoms with Gasteiger partial charge in [-0.05, 0) is 25.5 Å². The van der Waals surface area contributed by atoms with Gasteiger partial charge in [-0.15, -0.1) is 11.6 Å². The van der Waals surface area contributed by atoms with Crippen LogP contribution in [0, 0.1) is 18.3 Å². The van der Waals surface area contributed by atoms with Gasteiger partial charge in [0.15, 0.2) is 0 Å². The molecule has 1 rings (SSSR count). The van der Waals surface area contributed by atoms with Crippen LogP contribution in [0.3, 0.4) is 0 Å². The fourth-order valence-corrected chi connectivity index (χ4v) is 1.34. The molecular formula is C12H12ClN3O2. The van der Waals surface area contributed by atoms with Gasteiger partial charge in [-0.3, -0.25) is 10.1 Å². The van der Waals surface area contributed by atoms with Crippen molar-refractivity contribution < 1.29 is 9.59 Å². The van der Waals surface area contributed by atoms with Crippen LogP contribution in [0.15, 0.2) is 18.2 Å². The lowest BCUT2D eigenvalue weighted by Gasteiger charge is -2.09. The number of nitrogens with one attached hydrogen (secondary N) is 2. The van der Waals surface area contributed by atoms with Crippen molar-refractivity contribution in [1.29, 1.82) is 5.26 Å². The monoisotopic (exact) mass is 265 g/mol. The summed E-state index contributed by atoms with van der Waals surface area (Å²) < 4.78 is 0. The number of imide groups is 1. The van der Waals surface area contributed by atoms with E-state index in [1.807, 2.05) is 6.07 Å². The minimum absolute atomic E-state index is 0.352. The van der Waals surface area contributed by atoms with Gasteiger partial charge in [0.1, 0.15) is 11.4 Å². The summed E-state index contributed by atoms with van der Waals surface area (Å²) in [4.78, 5) is 22.7. The van der Waals surface area contributed by atoms with Crippen molar-refractivity contribution >= 4 is 29.2 Å². The lowest BCUT2D eigenvalue weighted by molar-refractivity contribution is -0.119. The highest BCUT2D eigenvalue weighted by atomic mass is 35.5. The number of carbonyl (C=O) groups is 2. The number of anilines is 1. The summed E-state index contributed by atoms with van der Waals surface area (Å²) in [7, 11) is 0. The molecule has 1 atom stereocenters. The van der Waals surface area contributed by atoms with E-state index in [0.717, 1.165) is 5.56 Å². The molecule has 18 heavy (non-hydrogen) atoms. The summed E-state index contributed by atoms with van der Waals surface area (Å²) in [6, 6.07) is 6.33. The second kappa shape index (κ2) is 6.03. The number of urea groups is 1. The summed E-state index contributed by atoms with van der Waals surface area (Å²) >= 11 is 5.51. The third-order valence-electron chi connectivity index (χ3n) is 2.23. The maximum atomic E-state index is 11.5. The molecule has 0 spiro atoms. The zero-order chi connectivity index (χ0) is 13.7. The van der Waals surface area contributed by atoms with E-state index < -0.39 is 17.3 Å². The highest BCUT2D eigenvalue weighted by Crippen LogP contribution is 2.17. The molecule has 0 aliphatic carbocycles. The fraction of sp³-hybridized carbons (Fsp3) is 0.250. The van der Waals surface area contributed by atoms with Gasteiger partial charge in [0.2, 0.25) is 5.91 Å². The van der Waals surface area contributed by atoms with E-state index in [-0.39, 0.29) is 0 Å². The Balaban J connectivity index is 2.80. The van der Waals surface area contributed by atoms with Gasteiger partial charge in [0, 0.05) is 0 Å². The molecule has 0 aliphatic rings. The number of amides is 3. The smallest absolute Gasteiger partial charge is 0.306 e. The number of nitriles is 1. The molecule has 0 heterocycles. The average molecular weight is 266 g/mol. The summed E-state index contributed by atoms with van der Waals surface area (Å²) in [5.74, 6) is -0.597. The molecule has 0 aliphatic heterocycles. The van der Waals surface area contributed by atoms with Crippen LogP contribution in [0.1, 0.15) is 18.1 Å². The Morgan fingerprint density at radius 2 is 2.11 bits per heavy atom. The van der Waals surface area contributed by atoms with Crippen LogP contribution in [-0.4, -0.2) is 17.3 Å². The van der Waals surface area contributed by atoms with Gasteiger partial charge < -0.3 is 5.32 Å². The first-order valence-electron chi connectivity index (χ1n) is 5.21. The van der Waals surface area contributed by atoms with E-state index in [2.05, 4.69) is 10.6 Å². The van der Waals surface area contributed by atoms with Gasteiger partial charge >= 0.3 is 6.03 Å². The second-order valence-electron chi connectivity index (χ2n) is 3.67. The molecule has 94 valence electrons. The van der Waals surface area contributed by atoms with Crippen LogP contribution < -0.4 is 10.6 Å². The molecule has 3 amide bonds. The van der Waals surface area contributed by atoms with Gasteiger partial charge in [-0.1, -0.05) is 12.1 Å². The molecule has 1 aromatic rings. The first kappa shape index (κ1) is 14.0. The van der Waals surface area contributed by atoms with Gasteiger partial charge in [0.05, 0.1) is 11.3 Å². The van der Waals surface area contributed by atoms with E-state index >= 15 is 0 Å². The third-order valence-corrected chi connectivity index (χ3v) is 2.43. The minimum atomic E-state index is -0.802. The standard InChI is InChI=1S/C12H12ClN3O2/c1-7-4-3-5-10(9(7)6-14)15-12(18)16-11(17)8(2)13/h3-5,8H,1-2H3,(H2,15,16,17,18). The second-order valence-corrected chi connectivity index (χ2v) is 4.32. The van der Waals surface area contributed by atoms with E-state index in [4.69, 9.17) is 16.9 Å². The van der Waals surface area contributed by atoms with E-state index in [1.54, 1.807) is 25.1 Å². The largest absolute Gasteiger partial charge is 0.325 e. The highest BCUT2D eigenvalue weighted by Gasteiger charge is 2.14. The van der Waals surface area contributed by atoms with Crippen LogP contribution in [0.4, 0.5) is 10.5 Å². The number of hydrogen-bond donors (Lipinski definition) is 2. The topological polar surface area (TPSA) is 82.0 Å². The maximum Gasteiger partial charge on any atom is 0.325 e. The van der Waals surface area contributed by atoms with Crippen molar-refractivity contribution in [3.05, 3.63) is 29.3 Å². The van der Waals surface area contributed by atoms with Crippen LogP contribution >= 0.6 is 11.6 Å². The van der Waals surface area contributed by atoms with Crippen LogP contribution in [0.25, 0.3) is 0 Å². The normalized spacial score (nSPS) is 11.2. The Hall–Kier alpha value is -2.06. The number of carbonyl (C=O) groups excluding carboxylic acids is 2. The number of aryl methyl sites for hydroxylation is 1. The van der Waals surface area contributed by atoms with E-state index in [9.17, 15) is 9.59 Å². The quantitative estimate of drug-likeness (QED) is 0.804. The summed E-state index contributed by atoms with van der Waals surface area (Å²) in [5, 5.41) is 12.7. The number of hydrogen-bond acceptors (Lipinski definition) is 3. The SMILES string of the molecule is Cc1cccc(NC(=O)NC(=O)C(C)Cl)c1C#N. The Kier molecular flexibility index (Phi) is 4.69. The lowest BCUT2D eigenvalue weighted by Crippen LogP contribution is -2.38. The number of nitrogens with zero attached hydrogens (tertiary/aromatic N) is 1.